The molecule has 1 saturated heterocycles. The standard InChI is InChI=1S/C23H28N4O2/c1-17(2)18-5-7-19(8-6-18)23-24-21(29-25-23)9-10-22(28)27-15-11-20(12-16-27)26-13-3-4-14-26/h3-8,13-14,17,20H,9-12,15-16H2,1-2H3. The van der Waals surface area contributed by atoms with Gasteiger partial charge in [0.25, 0.3) is 0 Å². The topological polar surface area (TPSA) is 64.2 Å². The molecular weight excluding hydrogens is 364 g/mol. The fourth-order valence-electron chi connectivity index (χ4n) is 3.87. The molecule has 3 heterocycles. The van der Waals surface area contributed by atoms with Crippen LogP contribution in [0.2, 0.25) is 0 Å². The quantitative estimate of drug-likeness (QED) is 0.621. The predicted octanol–water partition coefficient (Wildman–Crippen LogP) is 4.46. The summed E-state index contributed by atoms with van der Waals surface area (Å²) in [6.07, 6.45) is 7.09. The van der Waals surface area contributed by atoms with Gasteiger partial charge >= 0.3 is 0 Å². The second-order valence-electron chi connectivity index (χ2n) is 8.03. The van der Waals surface area contributed by atoms with E-state index in [2.05, 4.69) is 65.2 Å². The van der Waals surface area contributed by atoms with Gasteiger partial charge in [-0.1, -0.05) is 43.3 Å². The second kappa shape index (κ2) is 8.64. The number of amides is 1. The number of piperidine rings is 1. The maximum Gasteiger partial charge on any atom is 0.227 e. The number of aryl methyl sites for hydroxylation is 1. The molecule has 6 nitrogen and oxygen atoms in total. The van der Waals surface area contributed by atoms with Crippen molar-refractivity contribution in [3.05, 3.63) is 60.2 Å². The van der Waals surface area contributed by atoms with Crippen LogP contribution in [0.25, 0.3) is 11.4 Å². The smallest absolute Gasteiger partial charge is 0.227 e. The van der Waals surface area contributed by atoms with Gasteiger partial charge in [-0.25, -0.2) is 0 Å². The van der Waals surface area contributed by atoms with Crippen molar-refractivity contribution in [2.45, 2.75) is 51.5 Å². The summed E-state index contributed by atoms with van der Waals surface area (Å²) in [6.45, 7) is 5.95. The van der Waals surface area contributed by atoms with Crippen LogP contribution in [0.3, 0.4) is 0 Å². The van der Waals surface area contributed by atoms with Crippen LogP contribution in [0.1, 0.15) is 56.5 Å². The third-order valence-corrected chi connectivity index (χ3v) is 5.72. The number of likely N-dealkylation sites (tertiary alicyclic amines) is 1. The molecule has 0 bridgehead atoms. The lowest BCUT2D eigenvalue weighted by Crippen LogP contribution is -2.39. The summed E-state index contributed by atoms with van der Waals surface area (Å²) in [5.41, 5.74) is 2.21. The summed E-state index contributed by atoms with van der Waals surface area (Å²) < 4.78 is 7.61. The number of benzene rings is 1. The normalized spacial score (nSPS) is 15.2. The van der Waals surface area contributed by atoms with Crippen molar-refractivity contribution in [3.8, 4) is 11.4 Å². The Morgan fingerprint density at radius 2 is 1.83 bits per heavy atom. The van der Waals surface area contributed by atoms with E-state index in [1.54, 1.807) is 0 Å². The van der Waals surface area contributed by atoms with Crippen LogP contribution in [-0.2, 0) is 11.2 Å². The molecule has 0 N–H and O–H groups in total. The molecule has 0 spiro atoms. The molecule has 0 atom stereocenters. The lowest BCUT2D eigenvalue weighted by molar-refractivity contribution is -0.132. The van der Waals surface area contributed by atoms with Crippen molar-refractivity contribution in [2.75, 3.05) is 13.1 Å². The van der Waals surface area contributed by atoms with Crippen LogP contribution >= 0.6 is 0 Å². The molecule has 29 heavy (non-hydrogen) atoms. The fourth-order valence-corrected chi connectivity index (χ4v) is 3.87. The summed E-state index contributed by atoms with van der Waals surface area (Å²) in [4.78, 5) is 19.0. The first kappa shape index (κ1) is 19.4. The molecule has 0 unspecified atom stereocenters. The van der Waals surface area contributed by atoms with Crippen molar-refractivity contribution < 1.29 is 9.32 Å². The molecule has 2 aromatic heterocycles. The Labute approximate surface area is 171 Å². The molecular formula is C23H28N4O2. The number of carbonyl (C=O) groups is 1. The van der Waals surface area contributed by atoms with Gasteiger partial charge in [-0.05, 0) is 36.5 Å². The molecule has 1 aliphatic rings. The Morgan fingerprint density at radius 1 is 1.14 bits per heavy atom. The van der Waals surface area contributed by atoms with Crippen LogP contribution in [0.15, 0.2) is 53.3 Å². The van der Waals surface area contributed by atoms with E-state index in [1.807, 2.05) is 17.0 Å². The minimum Gasteiger partial charge on any atom is -0.351 e. The zero-order valence-electron chi connectivity index (χ0n) is 17.1. The largest absolute Gasteiger partial charge is 0.351 e. The summed E-state index contributed by atoms with van der Waals surface area (Å²) in [7, 11) is 0. The number of rotatable bonds is 6. The Hall–Kier alpha value is -2.89. The maximum atomic E-state index is 12.6. The lowest BCUT2D eigenvalue weighted by atomic mass is 10.0. The minimum atomic E-state index is 0.164. The van der Waals surface area contributed by atoms with Crippen molar-refractivity contribution in [1.29, 1.82) is 0 Å². The first-order valence-electron chi connectivity index (χ1n) is 10.4. The van der Waals surface area contributed by atoms with Gasteiger partial charge in [-0.15, -0.1) is 0 Å². The molecule has 1 aliphatic heterocycles. The average Bonchev–Trinajstić information content (AvgIpc) is 3.44. The van der Waals surface area contributed by atoms with Crippen LogP contribution in [0.4, 0.5) is 0 Å². The molecule has 1 aromatic carbocycles. The van der Waals surface area contributed by atoms with Gasteiger partial charge in [-0.2, -0.15) is 4.98 Å². The van der Waals surface area contributed by atoms with Crippen LogP contribution in [0, 0.1) is 0 Å². The molecule has 1 fully saturated rings. The first-order chi connectivity index (χ1) is 14.1. The molecule has 152 valence electrons. The van der Waals surface area contributed by atoms with E-state index in [9.17, 15) is 4.79 Å². The zero-order chi connectivity index (χ0) is 20.2. The first-order valence-corrected chi connectivity index (χ1v) is 10.4. The highest BCUT2D eigenvalue weighted by molar-refractivity contribution is 5.76. The van der Waals surface area contributed by atoms with Crippen LogP contribution < -0.4 is 0 Å². The summed E-state index contributed by atoms with van der Waals surface area (Å²) in [6, 6.07) is 12.8. The van der Waals surface area contributed by atoms with Gasteiger partial charge in [-0.3, -0.25) is 4.79 Å². The summed E-state index contributed by atoms with van der Waals surface area (Å²) >= 11 is 0. The Bertz CT molecular complexity index is 920. The van der Waals surface area contributed by atoms with Gasteiger partial charge in [0, 0.05) is 49.9 Å². The Morgan fingerprint density at radius 3 is 2.48 bits per heavy atom. The zero-order valence-corrected chi connectivity index (χ0v) is 17.1. The molecule has 0 radical (unpaired) electrons. The monoisotopic (exact) mass is 392 g/mol. The van der Waals surface area contributed by atoms with E-state index >= 15 is 0 Å². The molecule has 3 aromatic rings. The number of carbonyl (C=O) groups excluding carboxylic acids is 1. The van der Waals surface area contributed by atoms with Crippen molar-refractivity contribution in [3.63, 3.8) is 0 Å². The fraction of sp³-hybridized carbons (Fsp3) is 0.435. The van der Waals surface area contributed by atoms with Crippen molar-refractivity contribution >= 4 is 5.91 Å². The van der Waals surface area contributed by atoms with Gasteiger partial charge in [0.1, 0.15) is 0 Å². The number of hydrogen-bond acceptors (Lipinski definition) is 4. The lowest BCUT2D eigenvalue weighted by Gasteiger charge is -2.32. The Kier molecular flexibility index (Phi) is 5.79. The predicted molar refractivity (Wildman–Crippen MR) is 111 cm³/mol. The number of hydrogen-bond donors (Lipinski definition) is 0. The van der Waals surface area contributed by atoms with E-state index < -0.39 is 0 Å². The highest BCUT2D eigenvalue weighted by atomic mass is 16.5. The molecule has 0 aliphatic carbocycles. The van der Waals surface area contributed by atoms with Crippen LogP contribution in [0.5, 0.6) is 0 Å². The maximum absolute atomic E-state index is 12.6. The SMILES string of the molecule is CC(C)c1ccc(-c2noc(CCC(=O)N3CCC(n4cccc4)CC3)n2)cc1. The molecule has 6 heteroatoms. The highest BCUT2D eigenvalue weighted by Gasteiger charge is 2.23. The van der Waals surface area contributed by atoms with Crippen molar-refractivity contribution in [1.82, 2.24) is 19.6 Å². The second-order valence-corrected chi connectivity index (χ2v) is 8.03. The number of nitrogens with zero attached hydrogens (tertiary/aromatic N) is 4. The van der Waals surface area contributed by atoms with E-state index in [4.69, 9.17) is 4.52 Å². The average molecular weight is 393 g/mol. The summed E-state index contributed by atoms with van der Waals surface area (Å²) in [5.74, 6) is 1.75. The van der Waals surface area contributed by atoms with Gasteiger partial charge in [0.2, 0.25) is 17.6 Å². The van der Waals surface area contributed by atoms with E-state index in [0.29, 0.717) is 36.5 Å². The van der Waals surface area contributed by atoms with E-state index in [-0.39, 0.29) is 5.91 Å². The van der Waals surface area contributed by atoms with E-state index in [0.717, 1.165) is 31.5 Å². The highest BCUT2D eigenvalue weighted by Crippen LogP contribution is 2.24. The van der Waals surface area contributed by atoms with Gasteiger partial charge < -0.3 is 14.0 Å². The number of aromatic nitrogens is 3. The minimum absolute atomic E-state index is 0.164. The van der Waals surface area contributed by atoms with E-state index in [1.165, 1.54) is 5.56 Å². The molecule has 0 saturated carbocycles. The van der Waals surface area contributed by atoms with Crippen molar-refractivity contribution in [2.24, 2.45) is 0 Å². The van der Waals surface area contributed by atoms with Crippen LogP contribution in [-0.4, -0.2) is 38.6 Å². The van der Waals surface area contributed by atoms with Gasteiger partial charge in [0.05, 0.1) is 0 Å². The molecule has 4 rings (SSSR count). The third-order valence-electron chi connectivity index (χ3n) is 5.72. The molecule has 1 amide bonds. The van der Waals surface area contributed by atoms with Gasteiger partial charge in [0.15, 0.2) is 0 Å². The Balaban J connectivity index is 1.28. The summed E-state index contributed by atoms with van der Waals surface area (Å²) in [5, 5.41) is 4.08. The third kappa shape index (κ3) is 4.58.